The number of anilines is 1. The van der Waals surface area contributed by atoms with Crippen LogP contribution in [0.25, 0.3) is 0 Å². The van der Waals surface area contributed by atoms with Gasteiger partial charge in [-0.3, -0.25) is 0 Å². The van der Waals surface area contributed by atoms with E-state index in [0.29, 0.717) is 23.0 Å². The lowest BCUT2D eigenvalue weighted by atomic mass is 10.1. The number of hydrogen-bond donors (Lipinski definition) is 3. The molecule has 2 rings (SSSR count). The monoisotopic (exact) mass is 297 g/mol. The maximum Gasteiger partial charge on any atom is 0.242 e. The highest BCUT2D eigenvalue weighted by atomic mass is 32.2. The Morgan fingerprint density at radius 3 is 2.85 bits per heavy atom. The number of nitrogens with one attached hydrogen (secondary N) is 3. The van der Waals surface area contributed by atoms with Gasteiger partial charge in [-0.2, -0.15) is 0 Å². The van der Waals surface area contributed by atoms with Gasteiger partial charge in [-0.15, -0.1) is 0 Å². The normalized spacial score (nSPS) is 19.1. The molecule has 3 N–H and O–H groups in total. The molecule has 1 aromatic carbocycles. The van der Waals surface area contributed by atoms with Gasteiger partial charge in [0.1, 0.15) is 4.90 Å². The summed E-state index contributed by atoms with van der Waals surface area (Å²) in [5.41, 5.74) is 0.680. The predicted molar refractivity (Wildman–Crippen MR) is 81.4 cm³/mol. The highest BCUT2D eigenvalue weighted by molar-refractivity contribution is 7.89. The van der Waals surface area contributed by atoms with Gasteiger partial charge < -0.3 is 10.6 Å². The molecule has 1 saturated heterocycles. The van der Waals surface area contributed by atoms with Crippen LogP contribution in [0.2, 0.25) is 0 Å². The van der Waals surface area contributed by atoms with Crippen LogP contribution in [0.4, 0.5) is 5.69 Å². The van der Waals surface area contributed by atoms with E-state index in [-0.39, 0.29) is 0 Å². The van der Waals surface area contributed by atoms with Crippen molar-refractivity contribution in [1.29, 1.82) is 0 Å². The number of rotatable bonds is 7. The zero-order chi connectivity index (χ0) is 14.4. The summed E-state index contributed by atoms with van der Waals surface area (Å²) in [7, 11) is -3.42. The molecule has 0 radical (unpaired) electrons. The maximum atomic E-state index is 12.1. The van der Waals surface area contributed by atoms with Crippen molar-refractivity contribution in [2.24, 2.45) is 5.92 Å². The highest BCUT2D eigenvalue weighted by Gasteiger charge is 2.18. The smallest absolute Gasteiger partial charge is 0.242 e. The molecule has 112 valence electrons. The van der Waals surface area contributed by atoms with E-state index in [2.05, 4.69) is 15.4 Å². The fourth-order valence-corrected chi connectivity index (χ4v) is 3.71. The van der Waals surface area contributed by atoms with Crippen molar-refractivity contribution in [2.75, 3.05) is 31.5 Å². The van der Waals surface area contributed by atoms with Gasteiger partial charge in [-0.05, 0) is 44.0 Å². The summed E-state index contributed by atoms with van der Waals surface area (Å²) in [5, 5.41) is 6.60. The standard InChI is InChI=1S/C14H23N3O2S/c1-2-17-20(18,19)14-6-4-3-5-13(14)16-10-8-12-7-9-15-11-12/h3-6,12,15-17H,2,7-11H2,1H3. The number of benzene rings is 1. The molecule has 0 spiro atoms. The lowest BCUT2D eigenvalue weighted by Crippen LogP contribution is -2.24. The third-order valence-electron chi connectivity index (χ3n) is 3.54. The van der Waals surface area contributed by atoms with Gasteiger partial charge in [0.15, 0.2) is 0 Å². The van der Waals surface area contributed by atoms with Gasteiger partial charge in [0.2, 0.25) is 10.0 Å². The predicted octanol–water partition coefficient (Wildman–Crippen LogP) is 1.40. The van der Waals surface area contributed by atoms with Crippen LogP contribution in [0.15, 0.2) is 29.2 Å². The first kappa shape index (κ1) is 15.3. The zero-order valence-electron chi connectivity index (χ0n) is 11.9. The average Bonchev–Trinajstić information content (AvgIpc) is 2.92. The van der Waals surface area contributed by atoms with Crippen LogP contribution in [-0.2, 0) is 10.0 Å². The summed E-state index contributed by atoms with van der Waals surface area (Å²) in [5.74, 6) is 0.694. The van der Waals surface area contributed by atoms with Crippen LogP contribution in [-0.4, -0.2) is 34.6 Å². The largest absolute Gasteiger partial charge is 0.384 e. The van der Waals surface area contributed by atoms with Gasteiger partial charge in [-0.25, -0.2) is 13.1 Å². The molecule has 0 aliphatic carbocycles. The van der Waals surface area contributed by atoms with Crippen LogP contribution in [0.5, 0.6) is 0 Å². The quantitative estimate of drug-likeness (QED) is 0.711. The molecular formula is C14H23N3O2S. The molecule has 0 bridgehead atoms. The first-order valence-corrected chi connectivity index (χ1v) is 8.65. The molecule has 1 atom stereocenters. The minimum Gasteiger partial charge on any atom is -0.384 e. The van der Waals surface area contributed by atoms with Crippen molar-refractivity contribution < 1.29 is 8.42 Å². The third-order valence-corrected chi connectivity index (χ3v) is 5.15. The SMILES string of the molecule is CCNS(=O)(=O)c1ccccc1NCCC1CCNC1. The van der Waals surface area contributed by atoms with Crippen LogP contribution >= 0.6 is 0 Å². The lowest BCUT2D eigenvalue weighted by molar-refractivity contribution is 0.549. The molecule has 1 aliphatic heterocycles. The van der Waals surface area contributed by atoms with E-state index in [9.17, 15) is 8.42 Å². The Morgan fingerprint density at radius 2 is 2.15 bits per heavy atom. The lowest BCUT2D eigenvalue weighted by Gasteiger charge is -2.14. The third kappa shape index (κ3) is 3.94. The minimum atomic E-state index is -3.42. The number of para-hydroxylation sites is 1. The van der Waals surface area contributed by atoms with Gasteiger partial charge >= 0.3 is 0 Å². The second-order valence-electron chi connectivity index (χ2n) is 5.07. The van der Waals surface area contributed by atoms with Crippen LogP contribution in [0.3, 0.4) is 0 Å². The molecule has 0 aromatic heterocycles. The summed E-state index contributed by atoms with van der Waals surface area (Å²) in [6, 6.07) is 7.05. The van der Waals surface area contributed by atoms with E-state index in [1.165, 1.54) is 6.42 Å². The van der Waals surface area contributed by atoms with E-state index >= 15 is 0 Å². The van der Waals surface area contributed by atoms with Crippen molar-refractivity contribution in [3.05, 3.63) is 24.3 Å². The van der Waals surface area contributed by atoms with Gasteiger partial charge in [0.25, 0.3) is 0 Å². The maximum absolute atomic E-state index is 12.1. The zero-order valence-corrected chi connectivity index (χ0v) is 12.7. The van der Waals surface area contributed by atoms with E-state index in [1.807, 2.05) is 12.1 Å². The molecule has 20 heavy (non-hydrogen) atoms. The molecule has 1 fully saturated rings. The fraction of sp³-hybridized carbons (Fsp3) is 0.571. The summed E-state index contributed by atoms with van der Waals surface area (Å²) in [4.78, 5) is 0.325. The van der Waals surface area contributed by atoms with E-state index in [4.69, 9.17) is 0 Å². The number of sulfonamides is 1. The van der Waals surface area contributed by atoms with Crippen LogP contribution in [0.1, 0.15) is 19.8 Å². The van der Waals surface area contributed by atoms with Crippen molar-refractivity contribution >= 4 is 15.7 Å². The highest BCUT2D eigenvalue weighted by Crippen LogP contribution is 2.21. The van der Waals surface area contributed by atoms with E-state index < -0.39 is 10.0 Å². The first-order chi connectivity index (χ1) is 9.63. The summed E-state index contributed by atoms with van der Waals surface area (Å²) in [6.45, 7) is 5.13. The fourth-order valence-electron chi connectivity index (χ4n) is 2.49. The molecule has 1 heterocycles. The summed E-state index contributed by atoms with van der Waals surface area (Å²) < 4.78 is 26.8. The number of hydrogen-bond acceptors (Lipinski definition) is 4. The minimum absolute atomic E-state index is 0.325. The van der Waals surface area contributed by atoms with Crippen LogP contribution < -0.4 is 15.4 Å². The van der Waals surface area contributed by atoms with Crippen molar-refractivity contribution in [1.82, 2.24) is 10.0 Å². The Kier molecular flexibility index (Phi) is 5.39. The Bertz CT molecular complexity index is 525. The topological polar surface area (TPSA) is 70.2 Å². The van der Waals surface area contributed by atoms with Gasteiger partial charge in [-0.1, -0.05) is 19.1 Å². The van der Waals surface area contributed by atoms with Gasteiger partial charge in [0.05, 0.1) is 5.69 Å². The Morgan fingerprint density at radius 1 is 1.35 bits per heavy atom. The molecule has 5 nitrogen and oxygen atoms in total. The molecule has 1 unspecified atom stereocenters. The van der Waals surface area contributed by atoms with E-state index in [1.54, 1.807) is 19.1 Å². The molecular weight excluding hydrogens is 274 g/mol. The second kappa shape index (κ2) is 7.06. The Labute approximate surface area is 121 Å². The molecule has 0 saturated carbocycles. The molecule has 6 heteroatoms. The molecule has 1 aromatic rings. The Hall–Kier alpha value is -1.11. The van der Waals surface area contributed by atoms with Crippen molar-refractivity contribution in [3.8, 4) is 0 Å². The van der Waals surface area contributed by atoms with Crippen LogP contribution in [0, 0.1) is 5.92 Å². The Balaban J connectivity index is 2.00. The van der Waals surface area contributed by atoms with Crippen molar-refractivity contribution in [3.63, 3.8) is 0 Å². The average molecular weight is 297 g/mol. The summed E-state index contributed by atoms with van der Waals surface area (Å²) in [6.07, 6.45) is 2.27. The molecule has 1 aliphatic rings. The van der Waals surface area contributed by atoms with Gasteiger partial charge in [0, 0.05) is 13.1 Å². The second-order valence-corrected chi connectivity index (χ2v) is 6.81. The summed E-state index contributed by atoms with van der Waals surface area (Å²) >= 11 is 0. The molecule has 0 amide bonds. The van der Waals surface area contributed by atoms with E-state index in [0.717, 1.165) is 26.1 Å². The van der Waals surface area contributed by atoms with Crippen molar-refractivity contribution in [2.45, 2.75) is 24.7 Å². The first-order valence-electron chi connectivity index (χ1n) is 7.16.